The lowest BCUT2D eigenvalue weighted by atomic mass is 10.1. The Morgan fingerprint density at radius 1 is 0.846 bits per heavy atom. The molecule has 2 amide bonds. The molecule has 0 saturated carbocycles. The number of piperidine rings is 1. The zero-order chi connectivity index (χ0) is 28.4. The Hall–Kier alpha value is -3.76. The lowest BCUT2D eigenvalue weighted by Crippen LogP contribution is -2.51. The predicted molar refractivity (Wildman–Crippen MR) is 120 cm³/mol. The molecule has 3 heterocycles. The first kappa shape index (κ1) is 28.3. The number of carbonyl (C=O) groups is 2. The van der Waals surface area contributed by atoms with E-state index in [2.05, 4.69) is 15.0 Å². The molecule has 2 aromatic rings. The Bertz CT molecular complexity index is 1170. The summed E-state index contributed by atoms with van der Waals surface area (Å²) >= 11 is 0. The second kappa shape index (κ2) is 11.2. The van der Waals surface area contributed by atoms with E-state index >= 15 is 0 Å². The maximum Gasteiger partial charge on any atom is 0.472 e. The van der Waals surface area contributed by atoms with Gasteiger partial charge in [-0.25, -0.2) is 9.29 Å². The van der Waals surface area contributed by atoms with Gasteiger partial charge < -0.3 is 19.3 Å². The van der Waals surface area contributed by atoms with Crippen molar-refractivity contribution in [3.05, 3.63) is 30.1 Å². The van der Waals surface area contributed by atoms with Crippen molar-refractivity contribution in [2.45, 2.75) is 31.3 Å². The smallest absolute Gasteiger partial charge is 0.472 e. The van der Waals surface area contributed by atoms with Crippen molar-refractivity contribution in [3.8, 4) is 5.75 Å². The number of rotatable bonds is 5. The Kier molecular flexibility index (Phi) is 8.08. The molecule has 0 atom stereocenters. The predicted octanol–water partition coefficient (Wildman–Crippen LogP) is 2.88. The minimum atomic E-state index is -5.84. The molecule has 2 aliphatic rings. The van der Waals surface area contributed by atoms with Crippen molar-refractivity contribution in [3.63, 3.8) is 0 Å². The van der Waals surface area contributed by atoms with Crippen LogP contribution >= 0.6 is 0 Å². The zero-order valence-corrected chi connectivity index (χ0v) is 20.0. The molecular weight excluding hydrogens is 545 g/mol. The van der Waals surface area contributed by atoms with Gasteiger partial charge in [0.05, 0.1) is 13.2 Å². The highest BCUT2D eigenvalue weighted by Crippen LogP contribution is 2.30. The number of morpholine rings is 1. The molecule has 0 bridgehead atoms. The van der Waals surface area contributed by atoms with Crippen LogP contribution in [0.5, 0.6) is 5.75 Å². The van der Waals surface area contributed by atoms with Gasteiger partial charge in [0.25, 0.3) is 0 Å². The van der Waals surface area contributed by atoms with Crippen LogP contribution < -0.4 is 19.4 Å². The van der Waals surface area contributed by atoms with E-state index in [0.717, 1.165) is 0 Å². The van der Waals surface area contributed by atoms with Crippen LogP contribution in [0.3, 0.4) is 0 Å². The molecule has 10 nitrogen and oxygen atoms in total. The summed E-state index contributed by atoms with van der Waals surface area (Å²) in [5, 5.41) is 0. The highest BCUT2D eigenvalue weighted by atomic mass is 19.4. The van der Waals surface area contributed by atoms with Crippen LogP contribution in [0.25, 0.3) is 0 Å². The molecule has 1 aromatic carbocycles. The summed E-state index contributed by atoms with van der Waals surface area (Å²) in [5.74, 6) is -8.85. The average molecular weight is 566 g/mol. The van der Waals surface area contributed by atoms with Crippen LogP contribution in [0.15, 0.2) is 24.3 Å². The van der Waals surface area contributed by atoms with E-state index in [4.69, 9.17) is 9.47 Å². The Morgan fingerprint density at radius 2 is 1.36 bits per heavy atom. The summed E-state index contributed by atoms with van der Waals surface area (Å²) in [6, 6.07) is 5.74. The number of ether oxygens (including phenoxy) is 2. The SMILES string of the molecule is O=C(N(C(=O)C(F)(F)F)c1nc(N2CCOCC2)nc(N2CCC(Oc3ccccc3F)CC2)n1)C(F)(F)F. The summed E-state index contributed by atoms with van der Waals surface area (Å²) < 4.78 is 104. The van der Waals surface area contributed by atoms with Gasteiger partial charge in [-0.3, -0.25) is 9.59 Å². The molecule has 0 unspecified atom stereocenters. The molecular formula is C22H21F7N6O4. The molecule has 4 rings (SSSR count). The van der Waals surface area contributed by atoms with Crippen LogP contribution in [-0.4, -0.2) is 84.6 Å². The van der Waals surface area contributed by atoms with E-state index in [-0.39, 0.29) is 69.9 Å². The van der Waals surface area contributed by atoms with Crippen molar-refractivity contribution in [2.75, 3.05) is 54.1 Å². The van der Waals surface area contributed by atoms with Crippen molar-refractivity contribution in [1.82, 2.24) is 15.0 Å². The average Bonchev–Trinajstić information content (AvgIpc) is 2.90. The topological polar surface area (TPSA) is 101 Å². The number of anilines is 3. The molecule has 2 fully saturated rings. The number of imide groups is 1. The van der Waals surface area contributed by atoms with Crippen LogP contribution in [0.1, 0.15) is 12.8 Å². The number of alkyl halides is 6. The highest BCUT2D eigenvalue weighted by molar-refractivity contribution is 6.17. The van der Waals surface area contributed by atoms with Crippen LogP contribution in [0.2, 0.25) is 0 Å². The maximum absolute atomic E-state index is 13.9. The third kappa shape index (κ3) is 6.63. The van der Waals surface area contributed by atoms with E-state index in [1.807, 2.05) is 0 Å². The highest BCUT2D eigenvalue weighted by Gasteiger charge is 2.54. The van der Waals surface area contributed by atoms with Crippen molar-refractivity contribution in [1.29, 1.82) is 0 Å². The number of para-hydroxylation sites is 1. The zero-order valence-electron chi connectivity index (χ0n) is 20.0. The van der Waals surface area contributed by atoms with E-state index in [9.17, 15) is 40.3 Å². The van der Waals surface area contributed by atoms with Gasteiger partial charge in [0.2, 0.25) is 17.8 Å². The van der Waals surface area contributed by atoms with E-state index < -0.39 is 46.9 Å². The largest absolute Gasteiger partial charge is 0.487 e. The molecule has 0 spiro atoms. The number of benzene rings is 1. The van der Waals surface area contributed by atoms with Gasteiger partial charge in [-0.05, 0) is 12.1 Å². The molecule has 1 aromatic heterocycles. The molecule has 0 radical (unpaired) electrons. The second-order valence-corrected chi connectivity index (χ2v) is 8.51. The van der Waals surface area contributed by atoms with Crippen LogP contribution in [0, 0.1) is 5.82 Å². The summed E-state index contributed by atoms with van der Waals surface area (Å²) in [5.41, 5.74) is 0. The Morgan fingerprint density at radius 3 is 1.87 bits per heavy atom. The van der Waals surface area contributed by atoms with Crippen molar-refractivity contribution >= 4 is 29.7 Å². The number of halogens is 7. The Balaban J connectivity index is 1.66. The summed E-state index contributed by atoms with van der Waals surface area (Å²) in [6.07, 6.45) is -11.6. The van der Waals surface area contributed by atoms with Gasteiger partial charge in [0.1, 0.15) is 6.10 Å². The van der Waals surface area contributed by atoms with Crippen molar-refractivity contribution in [2.24, 2.45) is 0 Å². The van der Waals surface area contributed by atoms with E-state index in [0.29, 0.717) is 0 Å². The van der Waals surface area contributed by atoms with E-state index in [1.54, 1.807) is 6.07 Å². The number of aromatic nitrogens is 3. The van der Waals surface area contributed by atoms with Gasteiger partial charge >= 0.3 is 24.2 Å². The monoisotopic (exact) mass is 566 g/mol. The van der Waals surface area contributed by atoms with Gasteiger partial charge in [-0.1, -0.05) is 12.1 Å². The Labute approximate surface area is 216 Å². The molecule has 17 heteroatoms. The summed E-state index contributed by atoms with van der Waals surface area (Å²) in [7, 11) is 0. The number of hydrogen-bond donors (Lipinski definition) is 0. The molecule has 2 saturated heterocycles. The van der Waals surface area contributed by atoms with Gasteiger partial charge in [0.15, 0.2) is 11.6 Å². The summed E-state index contributed by atoms with van der Waals surface area (Å²) in [6.45, 7) is 0.852. The van der Waals surface area contributed by atoms with Gasteiger partial charge in [0, 0.05) is 39.0 Å². The van der Waals surface area contributed by atoms with Crippen molar-refractivity contribution < 1.29 is 49.8 Å². The fourth-order valence-electron chi connectivity index (χ4n) is 3.91. The minimum absolute atomic E-state index is 0.0277. The summed E-state index contributed by atoms with van der Waals surface area (Å²) in [4.78, 5) is 37.1. The third-order valence-corrected chi connectivity index (χ3v) is 5.84. The van der Waals surface area contributed by atoms with Crippen LogP contribution in [-0.2, 0) is 14.3 Å². The maximum atomic E-state index is 13.9. The third-order valence-electron chi connectivity index (χ3n) is 5.84. The molecule has 39 heavy (non-hydrogen) atoms. The standard InChI is InChI=1S/C22H21F7N6O4/c23-14-3-1-2-4-15(14)39-13-5-7-33(8-6-13)18-30-19(34-9-11-38-12-10-34)32-20(31-18)35(16(36)21(24,25)26)17(37)22(27,28)29/h1-4,13H,5-12H2. The lowest BCUT2D eigenvalue weighted by Gasteiger charge is -2.33. The lowest BCUT2D eigenvalue weighted by molar-refractivity contribution is -0.182. The molecule has 0 N–H and O–H groups in total. The number of carbonyl (C=O) groups excluding carboxylic acids is 2. The molecule has 212 valence electrons. The quantitative estimate of drug-likeness (QED) is 0.506. The van der Waals surface area contributed by atoms with Gasteiger partial charge in [-0.15, -0.1) is 0 Å². The second-order valence-electron chi connectivity index (χ2n) is 8.51. The van der Waals surface area contributed by atoms with Crippen LogP contribution in [0.4, 0.5) is 48.6 Å². The van der Waals surface area contributed by atoms with E-state index in [1.165, 1.54) is 28.0 Å². The molecule has 0 aliphatic carbocycles. The normalized spacial score (nSPS) is 17.2. The fraction of sp³-hybridized carbons (Fsp3) is 0.500. The number of hydrogen-bond acceptors (Lipinski definition) is 9. The number of amides is 2. The fourth-order valence-corrected chi connectivity index (χ4v) is 3.91. The molecule has 2 aliphatic heterocycles. The first-order chi connectivity index (χ1) is 18.3. The first-order valence-electron chi connectivity index (χ1n) is 11.6. The number of nitrogens with zero attached hydrogens (tertiary/aromatic N) is 6. The van der Waals surface area contributed by atoms with Gasteiger partial charge in [-0.2, -0.15) is 41.3 Å². The first-order valence-corrected chi connectivity index (χ1v) is 11.6. The minimum Gasteiger partial charge on any atom is -0.487 e.